The highest BCUT2D eigenvalue weighted by atomic mass is 15.2. The van der Waals surface area contributed by atoms with Crippen LogP contribution in [0.3, 0.4) is 0 Å². The van der Waals surface area contributed by atoms with Crippen LogP contribution in [-0.4, -0.2) is 47.6 Å². The summed E-state index contributed by atoms with van der Waals surface area (Å²) in [5.74, 6) is 3.07. The molecule has 1 aliphatic carbocycles. The third-order valence-corrected chi connectivity index (χ3v) is 4.19. The van der Waals surface area contributed by atoms with E-state index >= 15 is 0 Å². The van der Waals surface area contributed by atoms with E-state index in [-0.39, 0.29) is 0 Å². The van der Waals surface area contributed by atoms with Crippen molar-refractivity contribution >= 4 is 11.6 Å². The predicted molar refractivity (Wildman–Crippen MR) is 88.7 cm³/mol. The maximum absolute atomic E-state index is 5.95. The summed E-state index contributed by atoms with van der Waals surface area (Å²) < 4.78 is 0. The molecule has 1 heterocycles. The van der Waals surface area contributed by atoms with Crippen LogP contribution in [0.5, 0.6) is 0 Å². The molecule has 5 nitrogen and oxygen atoms in total. The molecule has 2 rings (SSSR count). The van der Waals surface area contributed by atoms with Crippen LogP contribution in [0.25, 0.3) is 0 Å². The third kappa shape index (κ3) is 4.56. The second-order valence-corrected chi connectivity index (χ2v) is 5.74. The van der Waals surface area contributed by atoms with E-state index in [9.17, 15) is 0 Å². The molecule has 0 radical (unpaired) electrons. The van der Waals surface area contributed by atoms with E-state index in [0.29, 0.717) is 11.7 Å². The van der Waals surface area contributed by atoms with E-state index in [4.69, 9.17) is 10.7 Å². The number of hydrogen-bond acceptors (Lipinski definition) is 5. The van der Waals surface area contributed by atoms with Crippen molar-refractivity contribution < 1.29 is 0 Å². The molecule has 21 heavy (non-hydrogen) atoms. The Morgan fingerprint density at radius 1 is 1.10 bits per heavy atom. The summed E-state index contributed by atoms with van der Waals surface area (Å²) in [7, 11) is 0. The Labute approximate surface area is 128 Å². The molecule has 0 aliphatic heterocycles. The average Bonchev–Trinajstić information content (AvgIpc) is 3.31. The molecular formula is C16H29N5. The normalized spacial score (nSPS) is 14.7. The molecule has 0 bridgehead atoms. The van der Waals surface area contributed by atoms with E-state index in [0.717, 1.165) is 50.8 Å². The van der Waals surface area contributed by atoms with Gasteiger partial charge in [-0.15, -0.1) is 0 Å². The number of aromatic nitrogens is 2. The highest BCUT2D eigenvalue weighted by Gasteiger charge is 2.27. The molecule has 0 atom stereocenters. The average molecular weight is 291 g/mol. The number of nitrogen functional groups attached to an aromatic ring is 1. The van der Waals surface area contributed by atoms with Crippen LogP contribution >= 0.6 is 0 Å². The van der Waals surface area contributed by atoms with Crippen molar-refractivity contribution in [3.05, 3.63) is 11.9 Å². The molecule has 2 N–H and O–H groups in total. The van der Waals surface area contributed by atoms with Gasteiger partial charge in [0.25, 0.3) is 0 Å². The van der Waals surface area contributed by atoms with E-state index in [2.05, 4.69) is 35.6 Å². The topological polar surface area (TPSA) is 58.3 Å². The Morgan fingerprint density at radius 2 is 1.81 bits per heavy atom. The lowest BCUT2D eigenvalue weighted by Crippen LogP contribution is -2.30. The Kier molecular flexibility index (Phi) is 5.79. The van der Waals surface area contributed by atoms with Crippen LogP contribution in [0.15, 0.2) is 6.07 Å². The smallest absolute Gasteiger partial charge is 0.136 e. The monoisotopic (exact) mass is 291 g/mol. The first kappa shape index (κ1) is 16.0. The summed E-state index contributed by atoms with van der Waals surface area (Å²) >= 11 is 0. The fourth-order valence-electron chi connectivity index (χ4n) is 2.62. The molecule has 118 valence electrons. The molecule has 0 amide bonds. The minimum atomic E-state index is 0.543. The summed E-state index contributed by atoms with van der Waals surface area (Å²) in [4.78, 5) is 13.9. The number of nitrogens with two attached hydrogens (primary N) is 1. The fraction of sp³-hybridized carbons (Fsp3) is 0.750. The molecule has 1 aromatic heterocycles. The number of rotatable bonds is 9. The molecule has 1 aromatic rings. The SMILES string of the molecule is CCN(CC)CCCN(CC)c1cc(N)nc(C2CC2)n1. The third-order valence-electron chi connectivity index (χ3n) is 4.19. The minimum absolute atomic E-state index is 0.543. The number of anilines is 2. The van der Waals surface area contributed by atoms with Gasteiger partial charge >= 0.3 is 0 Å². The van der Waals surface area contributed by atoms with E-state index in [1.54, 1.807) is 0 Å². The first-order valence-corrected chi connectivity index (χ1v) is 8.29. The number of hydrogen-bond donors (Lipinski definition) is 1. The van der Waals surface area contributed by atoms with Gasteiger partial charge in [-0.25, -0.2) is 9.97 Å². The first-order chi connectivity index (χ1) is 10.2. The van der Waals surface area contributed by atoms with Gasteiger partial charge in [-0.05, 0) is 45.8 Å². The Morgan fingerprint density at radius 3 is 2.38 bits per heavy atom. The predicted octanol–water partition coefficient (Wildman–Crippen LogP) is 2.49. The maximum atomic E-state index is 5.95. The Balaban J connectivity index is 1.96. The zero-order chi connectivity index (χ0) is 15.2. The van der Waals surface area contributed by atoms with Crippen molar-refractivity contribution in [1.29, 1.82) is 0 Å². The lowest BCUT2D eigenvalue weighted by molar-refractivity contribution is 0.300. The van der Waals surface area contributed by atoms with Crippen LogP contribution in [0, 0.1) is 0 Å². The Hall–Kier alpha value is -1.36. The molecular weight excluding hydrogens is 262 g/mol. The minimum Gasteiger partial charge on any atom is -0.384 e. The summed E-state index contributed by atoms with van der Waals surface area (Å²) in [6.07, 6.45) is 3.56. The van der Waals surface area contributed by atoms with Gasteiger partial charge in [-0.1, -0.05) is 13.8 Å². The second kappa shape index (κ2) is 7.59. The largest absolute Gasteiger partial charge is 0.384 e. The highest BCUT2D eigenvalue weighted by molar-refractivity contribution is 5.47. The van der Waals surface area contributed by atoms with Crippen LogP contribution in [0.2, 0.25) is 0 Å². The van der Waals surface area contributed by atoms with Gasteiger partial charge in [0.05, 0.1) is 0 Å². The highest BCUT2D eigenvalue weighted by Crippen LogP contribution is 2.38. The van der Waals surface area contributed by atoms with Gasteiger partial charge in [0, 0.05) is 25.1 Å². The molecule has 1 fully saturated rings. The summed E-state index contributed by atoms with van der Waals surface area (Å²) in [5, 5.41) is 0. The molecule has 0 saturated heterocycles. The zero-order valence-electron chi connectivity index (χ0n) is 13.7. The second-order valence-electron chi connectivity index (χ2n) is 5.74. The lowest BCUT2D eigenvalue weighted by Gasteiger charge is -2.25. The fourth-order valence-corrected chi connectivity index (χ4v) is 2.62. The molecule has 0 unspecified atom stereocenters. The van der Waals surface area contributed by atoms with Crippen molar-refractivity contribution in [3.63, 3.8) is 0 Å². The molecule has 5 heteroatoms. The van der Waals surface area contributed by atoms with Crippen LogP contribution in [-0.2, 0) is 0 Å². The van der Waals surface area contributed by atoms with Crippen molar-refractivity contribution in [2.45, 2.75) is 46.0 Å². The number of nitrogens with zero attached hydrogens (tertiary/aromatic N) is 4. The Bertz CT molecular complexity index is 440. The quantitative estimate of drug-likeness (QED) is 0.757. The van der Waals surface area contributed by atoms with Crippen LogP contribution < -0.4 is 10.6 Å². The zero-order valence-corrected chi connectivity index (χ0v) is 13.7. The lowest BCUT2D eigenvalue weighted by atomic mass is 10.3. The molecule has 1 saturated carbocycles. The van der Waals surface area contributed by atoms with Gasteiger partial charge in [0.15, 0.2) is 0 Å². The van der Waals surface area contributed by atoms with E-state index in [1.165, 1.54) is 12.8 Å². The van der Waals surface area contributed by atoms with Crippen molar-refractivity contribution in [2.24, 2.45) is 0 Å². The summed E-state index contributed by atoms with van der Waals surface area (Å²) in [6, 6.07) is 1.91. The van der Waals surface area contributed by atoms with Crippen LogP contribution in [0.1, 0.15) is 51.8 Å². The van der Waals surface area contributed by atoms with E-state index < -0.39 is 0 Å². The van der Waals surface area contributed by atoms with Crippen molar-refractivity contribution in [3.8, 4) is 0 Å². The summed E-state index contributed by atoms with van der Waals surface area (Å²) in [6.45, 7) is 12.0. The van der Waals surface area contributed by atoms with Gasteiger partial charge < -0.3 is 15.5 Å². The van der Waals surface area contributed by atoms with Gasteiger partial charge in [0.1, 0.15) is 17.5 Å². The first-order valence-electron chi connectivity index (χ1n) is 8.29. The van der Waals surface area contributed by atoms with Gasteiger partial charge in [-0.3, -0.25) is 0 Å². The molecule has 1 aliphatic rings. The van der Waals surface area contributed by atoms with Gasteiger partial charge in [0.2, 0.25) is 0 Å². The standard InChI is InChI=1S/C16H29N5/c1-4-20(5-2)10-7-11-21(6-3)15-12-14(17)18-16(19-15)13-8-9-13/h12-13H,4-11H2,1-3H3,(H2,17,18,19). The maximum Gasteiger partial charge on any atom is 0.136 e. The molecule has 0 spiro atoms. The van der Waals surface area contributed by atoms with Crippen molar-refractivity contribution in [1.82, 2.24) is 14.9 Å². The van der Waals surface area contributed by atoms with Gasteiger partial charge in [-0.2, -0.15) is 0 Å². The van der Waals surface area contributed by atoms with E-state index in [1.807, 2.05) is 6.07 Å². The van der Waals surface area contributed by atoms with Crippen molar-refractivity contribution in [2.75, 3.05) is 43.4 Å². The summed E-state index contributed by atoms with van der Waals surface area (Å²) in [5.41, 5.74) is 5.95. The molecule has 0 aromatic carbocycles. The van der Waals surface area contributed by atoms with Crippen LogP contribution in [0.4, 0.5) is 11.6 Å².